The van der Waals surface area contributed by atoms with Crippen LogP contribution in [-0.2, 0) is 9.53 Å². The molecule has 0 bridgehead atoms. The van der Waals surface area contributed by atoms with E-state index in [-0.39, 0.29) is 11.9 Å². The molecule has 0 N–H and O–H groups in total. The van der Waals surface area contributed by atoms with Crippen LogP contribution in [0.1, 0.15) is 117 Å². The fourth-order valence-corrected chi connectivity index (χ4v) is 2.89. The Labute approximate surface area is 145 Å². The Morgan fingerprint density at radius 1 is 0.696 bits per heavy atom. The quantitative estimate of drug-likeness (QED) is 0.211. The maximum atomic E-state index is 11.7. The van der Waals surface area contributed by atoms with Gasteiger partial charge >= 0.3 is 5.97 Å². The van der Waals surface area contributed by atoms with Crippen LogP contribution in [0.15, 0.2) is 0 Å². The molecule has 0 aliphatic carbocycles. The van der Waals surface area contributed by atoms with Gasteiger partial charge in [-0.25, -0.2) is 0 Å². The normalized spacial score (nSPS) is 12.3. The Kier molecular flexibility index (Phi) is 17.4. The molecule has 0 heterocycles. The lowest BCUT2D eigenvalue weighted by Gasteiger charge is -2.10. The Bertz CT molecular complexity index is 250. The minimum Gasteiger partial charge on any atom is -0.465 e. The second-order valence-corrected chi connectivity index (χ2v) is 7.10. The smallest absolute Gasteiger partial charge is 0.308 e. The maximum Gasteiger partial charge on any atom is 0.308 e. The number of esters is 1. The number of ether oxygens (including phenoxy) is 1. The van der Waals surface area contributed by atoms with Crippen LogP contribution in [0.3, 0.4) is 0 Å². The van der Waals surface area contributed by atoms with Gasteiger partial charge in [0.15, 0.2) is 0 Å². The highest BCUT2D eigenvalue weighted by molar-refractivity contribution is 5.71. The lowest BCUT2D eigenvalue weighted by Crippen LogP contribution is -2.15. The Balaban J connectivity index is 3.19. The minimum absolute atomic E-state index is 0.00141. The van der Waals surface area contributed by atoms with Crippen LogP contribution in [0.5, 0.6) is 0 Å². The molecule has 0 aromatic carbocycles. The molecule has 0 aromatic heterocycles. The van der Waals surface area contributed by atoms with E-state index < -0.39 is 0 Å². The summed E-state index contributed by atoms with van der Waals surface area (Å²) in [4.78, 5) is 11.7. The monoisotopic (exact) mass is 326 g/mol. The molecule has 0 saturated heterocycles. The topological polar surface area (TPSA) is 26.3 Å². The van der Waals surface area contributed by atoms with E-state index >= 15 is 0 Å². The van der Waals surface area contributed by atoms with E-state index in [1.165, 1.54) is 70.6 Å². The molecule has 0 spiro atoms. The Morgan fingerprint density at radius 2 is 1.13 bits per heavy atom. The van der Waals surface area contributed by atoms with E-state index in [1.807, 2.05) is 6.92 Å². The van der Waals surface area contributed by atoms with Gasteiger partial charge in [0, 0.05) is 0 Å². The molecule has 1 unspecified atom stereocenters. The van der Waals surface area contributed by atoms with Crippen molar-refractivity contribution in [3.8, 4) is 0 Å². The first-order valence-corrected chi connectivity index (χ1v) is 10.4. The molecule has 1 atom stereocenters. The number of carbonyl (C=O) groups is 1. The molecule has 0 aliphatic rings. The molecule has 0 amide bonds. The first-order chi connectivity index (χ1) is 11.2. The zero-order valence-electron chi connectivity index (χ0n) is 16.2. The largest absolute Gasteiger partial charge is 0.465 e. The van der Waals surface area contributed by atoms with E-state index in [9.17, 15) is 4.79 Å². The second-order valence-electron chi connectivity index (χ2n) is 7.10. The average Bonchev–Trinajstić information content (AvgIpc) is 2.56. The van der Waals surface area contributed by atoms with Gasteiger partial charge in [-0.3, -0.25) is 4.79 Å². The van der Waals surface area contributed by atoms with Gasteiger partial charge in [-0.1, -0.05) is 104 Å². The molecule has 0 radical (unpaired) electrons. The van der Waals surface area contributed by atoms with E-state index in [4.69, 9.17) is 4.74 Å². The summed E-state index contributed by atoms with van der Waals surface area (Å²) in [6.07, 6.45) is 19.3. The van der Waals surface area contributed by atoms with Crippen molar-refractivity contribution in [2.75, 3.05) is 6.61 Å². The number of hydrogen-bond acceptors (Lipinski definition) is 2. The van der Waals surface area contributed by atoms with Crippen molar-refractivity contribution in [3.63, 3.8) is 0 Å². The highest BCUT2D eigenvalue weighted by Crippen LogP contribution is 2.13. The van der Waals surface area contributed by atoms with Gasteiger partial charge < -0.3 is 4.74 Å². The zero-order chi connectivity index (χ0) is 17.2. The maximum absolute atomic E-state index is 11.7. The first-order valence-electron chi connectivity index (χ1n) is 10.4. The number of carbonyl (C=O) groups excluding carboxylic acids is 1. The summed E-state index contributed by atoms with van der Waals surface area (Å²) in [5.74, 6) is 0.0776. The molecule has 0 saturated carbocycles. The van der Waals surface area contributed by atoms with Crippen LogP contribution in [0, 0.1) is 5.92 Å². The average molecular weight is 327 g/mol. The van der Waals surface area contributed by atoms with Gasteiger partial charge in [-0.15, -0.1) is 0 Å². The molecule has 2 nitrogen and oxygen atoms in total. The molecule has 0 aromatic rings. The molecular weight excluding hydrogens is 284 g/mol. The third-order valence-electron chi connectivity index (χ3n) is 4.64. The van der Waals surface area contributed by atoms with Gasteiger partial charge in [-0.05, 0) is 12.8 Å². The second kappa shape index (κ2) is 17.8. The van der Waals surface area contributed by atoms with Crippen LogP contribution < -0.4 is 0 Å². The number of hydrogen-bond donors (Lipinski definition) is 0. The van der Waals surface area contributed by atoms with Crippen molar-refractivity contribution in [3.05, 3.63) is 0 Å². The van der Waals surface area contributed by atoms with Crippen molar-refractivity contribution in [2.24, 2.45) is 5.92 Å². The van der Waals surface area contributed by atoms with Crippen LogP contribution in [0.4, 0.5) is 0 Å². The first kappa shape index (κ1) is 22.5. The molecule has 0 rings (SSSR count). The molecule has 0 fully saturated rings. The van der Waals surface area contributed by atoms with Gasteiger partial charge in [0.25, 0.3) is 0 Å². The summed E-state index contributed by atoms with van der Waals surface area (Å²) < 4.78 is 5.35. The van der Waals surface area contributed by atoms with E-state index in [2.05, 4.69) is 13.8 Å². The van der Waals surface area contributed by atoms with Gasteiger partial charge in [0.1, 0.15) is 0 Å². The van der Waals surface area contributed by atoms with E-state index in [0.717, 1.165) is 25.7 Å². The number of rotatable bonds is 17. The Morgan fingerprint density at radius 3 is 1.61 bits per heavy atom. The van der Waals surface area contributed by atoms with Crippen molar-refractivity contribution < 1.29 is 9.53 Å². The third kappa shape index (κ3) is 16.1. The zero-order valence-corrected chi connectivity index (χ0v) is 16.2. The molecule has 2 heteroatoms. The highest BCUT2D eigenvalue weighted by atomic mass is 16.5. The van der Waals surface area contributed by atoms with Crippen molar-refractivity contribution >= 4 is 5.97 Å². The predicted octanol–water partition coefficient (Wildman–Crippen LogP) is 7.06. The van der Waals surface area contributed by atoms with Gasteiger partial charge in [0.2, 0.25) is 0 Å². The fraction of sp³-hybridized carbons (Fsp3) is 0.952. The molecular formula is C21H42O2. The summed E-state index contributed by atoms with van der Waals surface area (Å²) in [5.41, 5.74) is 0. The molecule has 23 heavy (non-hydrogen) atoms. The van der Waals surface area contributed by atoms with Gasteiger partial charge in [0.05, 0.1) is 12.5 Å². The third-order valence-corrected chi connectivity index (χ3v) is 4.64. The fourth-order valence-electron chi connectivity index (χ4n) is 2.89. The highest BCUT2D eigenvalue weighted by Gasteiger charge is 2.12. The summed E-state index contributed by atoms with van der Waals surface area (Å²) in [6, 6.07) is 0. The van der Waals surface area contributed by atoms with Crippen molar-refractivity contribution in [2.45, 2.75) is 117 Å². The lowest BCUT2D eigenvalue weighted by atomic mass is 10.0. The van der Waals surface area contributed by atoms with E-state index in [1.54, 1.807) is 0 Å². The standard InChI is InChI=1S/C21H42O2/c1-4-6-8-9-10-11-12-13-14-15-16-17-19-23-21(22)20(3)18-7-5-2/h20H,4-19H2,1-3H3. The lowest BCUT2D eigenvalue weighted by molar-refractivity contribution is -0.148. The minimum atomic E-state index is 0.00141. The summed E-state index contributed by atoms with van der Waals surface area (Å²) in [7, 11) is 0. The SMILES string of the molecule is CCCCCCCCCCCCCCOC(=O)C(C)CCCC. The predicted molar refractivity (Wildman–Crippen MR) is 101 cm³/mol. The van der Waals surface area contributed by atoms with Crippen LogP contribution in [-0.4, -0.2) is 12.6 Å². The Hall–Kier alpha value is -0.530. The summed E-state index contributed by atoms with van der Waals surface area (Å²) in [6.45, 7) is 7.03. The van der Waals surface area contributed by atoms with Crippen LogP contribution in [0.25, 0.3) is 0 Å². The van der Waals surface area contributed by atoms with E-state index in [0.29, 0.717) is 6.61 Å². The summed E-state index contributed by atoms with van der Waals surface area (Å²) in [5, 5.41) is 0. The van der Waals surface area contributed by atoms with Gasteiger partial charge in [-0.2, -0.15) is 0 Å². The molecule has 138 valence electrons. The number of unbranched alkanes of at least 4 members (excludes halogenated alkanes) is 12. The van der Waals surface area contributed by atoms with Crippen LogP contribution in [0.2, 0.25) is 0 Å². The summed E-state index contributed by atoms with van der Waals surface area (Å²) >= 11 is 0. The van der Waals surface area contributed by atoms with Crippen molar-refractivity contribution in [1.82, 2.24) is 0 Å². The van der Waals surface area contributed by atoms with Crippen molar-refractivity contribution in [1.29, 1.82) is 0 Å². The van der Waals surface area contributed by atoms with Crippen LogP contribution >= 0.6 is 0 Å². The molecule has 0 aliphatic heterocycles.